The van der Waals surface area contributed by atoms with Crippen LogP contribution in [0, 0.1) is 0 Å². The first-order chi connectivity index (χ1) is 10.9. The highest BCUT2D eigenvalue weighted by Crippen LogP contribution is 2.27. The number of nitrogens with one attached hydrogen (secondary N) is 2. The number of hydrogen-bond acceptors (Lipinski definition) is 6. The monoisotopic (exact) mass is 337 g/mol. The molecule has 0 aliphatic carbocycles. The van der Waals surface area contributed by atoms with Crippen molar-refractivity contribution in [2.45, 2.75) is 26.4 Å². The van der Waals surface area contributed by atoms with Gasteiger partial charge in [0.05, 0.1) is 4.88 Å². The van der Waals surface area contributed by atoms with Crippen LogP contribution in [0.4, 0.5) is 4.79 Å². The molecule has 0 aliphatic heterocycles. The maximum Gasteiger partial charge on any atom is 0.407 e. The van der Waals surface area contributed by atoms with E-state index in [0.717, 1.165) is 4.88 Å². The van der Waals surface area contributed by atoms with Crippen LogP contribution >= 0.6 is 11.3 Å². The second kappa shape index (κ2) is 7.28. The number of ether oxygens (including phenoxy) is 1. The zero-order chi connectivity index (χ0) is 16.9. The molecule has 0 unspecified atom stereocenters. The molecule has 0 spiro atoms. The fourth-order valence-corrected chi connectivity index (χ4v) is 2.44. The van der Waals surface area contributed by atoms with Gasteiger partial charge in [-0.15, -0.1) is 11.3 Å². The fourth-order valence-electron chi connectivity index (χ4n) is 1.73. The molecule has 0 aromatic carbocycles. The molecule has 124 valence electrons. The summed E-state index contributed by atoms with van der Waals surface area (Å²) in [5.74, 6) is 0.0886. The van der Waals surface area contributed by atoms with Crippen molar-refractivity contribution in [1.82, 2.24) is 15.6 Å². The molecule has 8 heteroatoms. The number of alkyl carbamates (subject to hydrolysis) is 1. The van der Waals surface area contributed by atoms with Crippen molar-refractivity contribution in [1.29, 1.82) is 0 Å². The summed E-state index contributed by atoms with van der Waals surface area (Å²) >= 11 is 1.46. The lowest BCUT2D eigenvalue weighted by Gasteiger charge is -2.19. The lowest BCUT2D eigenvalue weighted by Crippen LogP contribution is -2.38. The molecular formula is C15H19N3O4S. The third kappa shape index (κ3) is 5.10. The summed E-state index contributed by atoms with van der Waals surface area (Å²) in [4.78, 5) is 28.4. The number of carbonyl (C=O) groups is 2. The molecule has 0 bridgehead atoms. The van der Waals surface area contributed by atoms with Crippen LogP contribution in [-0.4, -0.2) is 35.7 Å². The van der Waals surface area contributed by atoms with Crippen LogP contribution in [0.5, 0.6) is 0 Å². The molecule has 0 aliphatic rings. The first-order valence-electron chi connectivity index (χ1n) is 7.09. The maximum atomic E-state index is 12.1. The lowest BCUT2D eigenvalue weighted by atomic mass is 10.2. The van der Waals surface area contributed by atoms with E-state index in [0.29, 0.717) is 5.76 Å². The van der Waals surface area contributed by atoms with Gasteiger partial charge >= 0.3 is 6.09 Å². The van der Waals surface area contributed by atoms with Crippen molar-refractivity contribution in [3.8, 4) is 10.6 Å². The average Bonchev–Trinajstić information content (AvgIpc) is 3.10. The Morgan fingerprint density at radius 2 is 2.04 bits per heavy atom. The number of hydrogen-bond donors (Lipinski definition) is 2. The van der Waals surface area contributed by atoms with Gasteiger partial charge in [0.1, 0.15) is 5.60 Å². The summed E-state index contributed by atoms with van der Waals surface area (Å²) in [6, 6.07) is 3.72. The van der Waals surface area contributed by atoms with Gasteiger partial charge in [0, 0.05) is 13.1 Å². The van der Waals surface area contributed by atoms with Gasteiger partial charge in [0.25, 0.3) is 5.91 Å². The molecule has 0 saturated heterocycles. The van der Waals surface area contributed by atoms with E-state index >= 15 is 0 Å². The lowest BCUT2D eigenvalue weighted by molar-refractivity contribution is 0.0526. The Kier molecular flexibility index (Phi) is 5.38. The number of aromatic nitrogens is 1. The maximum absolute atomic E-state index is 12.1. The molecule has 2 heterocycles. The van der Waals surface area contributed by atoms with Crippen LogP contribution in [-0.2, 0) is 4.74 Å². The first kappa shape index (κ1) is 17.0. The smallest absolute Gasteiger partial charge is 0.407 e. The van der Waals surface area contributed by atoms with E-state index in [-0.39, 0.29) is 24.7 Å². The molecule has 0 atom stereocenters. The molecule has 0 fully saturated rings. The summed E-state index contributed by atoms with van der Waals surface area (Å²) in [6.45, 7) is 5.86. The fraction of sp³-hybridized carbons (Fsp3) is 0.400. The van der Waals surface area contributed by atoms with Crippen molar-refractivity contribution in [2.75, 3.05) is 13.1 Å². The Balaban J connectivity index is 1.80. The quantitative estimate of drug-likeness (QED) is 0.818. The molecule has 2 aromatic rings. The highest BCUT2D eigenvalue weighted by atomic mass is 32.1. The van der Waals surface area contributed by atoms with Crippen molar-refractivity contribution < 1.29 is 18.7 Å². The van der Waals surface area contributed by atoms with Crippen LogP contribution in [0.15, 0.2) is 28.3 Å². The summed E-state index contributed by atoms with van der Waals surface area (Å²) in [7, 11) is 0. The number of carbonyl (C=O) groups excluding carboxylic acids is 2. The molecule has 2 rings (SSSR count). The SMILES string of the molecule is CC(C)(C)OC(=O)NCCNC(=O)c1ncoc1-c1cccs1. The largest absolute Gasteiger partial charge is 0.444 e. The summed E-state index contributed by atoms with van der Waals surface area (Å²) in [5.41, 5.74) is -0.325. The summed E-state index contributed by atoms with van der Waals surface area (Å²) in [5, 5.41) is 7.14. The van der Waals surface area contributed by atoms with Gasteiger partial charge < -0.3 is 19.8 Å². The Morgan fingerprint density at radius 3 is 2.70 bits per heavy atom. The van der Waals surface area contributed by atoms with E-state index in [2.05, 4.69) is 15.6 Å². The summed E-state index contributed by atoms with van der Waals surface area (Å²) in [6.07, 6.45) is 0.718. The minimum Gasteiger partial charge on any atom is -0.444 e. The topological polar surface area (TPSA) is 93.5 Å². The Labute approximate surface area is 138 Å². The molecule has 7 nitrogen and oxygen atoms in total. The van der Waals surface area contributed by atoms with Gasteiger partial charge in [0.15, 0.2) is 17.8 Å². The Hall–Kier alpha value is -2.35. The number of rotatable bonds is 5. The third-order valence-electron chi connectivity index (χ3n) is 2.61. The van der Waals surface area contributed by atoms with E-state index in [4.69, 9.17) is 9.15 Å². The second-order valence-electron chi connectivity index (χ2n) is 5.69. The highest BCUT2D eigenvalue weighted by Gasteiger charge is 2.19. The van der Waals surface area contributed by atoms with Crippen LogP contribution in [0.25, 0.3) is 10.6 Å². The highest BCUT2D eigenvalue weighted by molar-refractivity contribution is 7.13. The number of nitrogens with zero attached hydrogens (tertiary/aromatic N) is 1. The van der Waals surface area contributed by atoms with Crippen molar-refractivity contribution >= 4 is 23.3 Å². The molecule has 2 amide bonds. The van der Waals surface area contributed by atoms with Crippen molar-refractivity contribution in [3.05, 3.63) is 29.6 Å². The minimum atomic E-state index is -0.552. The predicted octanol–water partition coefficient (Wildman–Crippen LogP) is 2.66. The van der Waals surface area contributed by atoms with Crippen LogP contribution in [0.2, 0.25) is 0 Å². The zero-order valence-corrected chi connectivity index (χ0v) is 14.0. The predicted molar refractivity (Wildman–Crippen MR) is 86.4 cm³/mol. The molecule has 0 radical (unpaired) electrons. The van der Waals surface area contributed by atoms with Gasteiger partial charge in [-0.1, -0.05) is 6.07 Å². The number of oxazole rings is 1. The van der Waals surface area contributed by atoms with Crippen molar-refractivity contribution in [2.24, 2.45) is 0 Å². The second-order valence-corrected chi connectivity index (χ2v) is 6.64. The molecular weight excluding hydrogens is 318 g/mol. The molecule has 23 heavy (non-hydrogen) atoms. The van der Waals surface area contributed by atoms with E-state index in [1.165, 1.54) is 17.7 Å². The molecule has 0 saturated carbocycles. The normalized spacial score (nSPS) is 11.1. The van der Waals surface area contributed by atoms with Gasteiger partial charge in [-0.3, -0.25) is 4.79 Å². The Bertz CT molecular complexity index is 659. The van der Waals surface area contributed by atoms with Gasteiger partial charge in [-0.2, -0.15) is 0 Å². The van der Waals surface area contributed by atoms with Crippen LogP contribution < -0.4 is 10.6 Å². The van der Waals surface area contributed by atoms with E-state index in [9.17, 15) is 9.59 Å². The van der Waals surface area contributed by atoms with Gasteiger partial charge in [0.2, 0.25) is 0 Å². The molecule has 2 N–H and O–H groups in total. The zero-order valence-electron chi connectivity index (χ0n) is 13.2. The van der Waals surface area contributed by atoms with Crippen molar-refractivity contribution in [3.63, 3.8) is 0 Å². The van der Waals surface area contributed by atoms with Gasteiger partial charge in [-0.25, -0.2) is 9.78 Å². The first-order valence-corrected chi connectivity index (χ1v) is 7.97. The van der Waals surface area contributed by atoms with E-state index in [1.54, 1.807) is 20.8 Å². The number of thiophene rings is 1. The van der Waals surface area contributed by atoms with E-state index in [1.807, 2.05) is 17.5 Å². The van der Waals surface area contributed by atoms with E-state index < -0.39 is 11.7 Å². The Morgan fingerprint density at radius 1 is 1.30 bits per heavy atom. The third-order valence-corrected chi connectivity index (χ3v) is 3.47. The van der Waals surface area contributed by atoms with Crippen LogP contribution in [0.3, 0.4) is 0 Å². The standard InChI is InChI=1S/C15H19N3O4S/c1-15(2,3)22-14(20)17-7-6-16-13(19)11-12(21-9-18-11)10-5-4-8-23-10/h4-5,8-9H,6-7H2,1-3H3,(H,16,19)(H,17,20). The van der Waals surface area contributed by atoms with Crippen LogP contribution in [0.1, 0.15) is 31.3 Å². The average molecular weight is 337 g/mol. The summed E-state index contributed by atoms with van der Waals surface area (Å²) < 4.78 is 10.4. The molecule has 2 aromatic heterocycles. The minimum absolute atomic E-state index is 0.227. The van der Waals surface area contributed by atoms with Gasteiger partial charge in [-0.05, 0) is 32.2 Å². The number of amides is 2.